The molecule has 1 aromatic rings. The molecule has 0 unspecified atom stereocenters. The molecule has 1 N–H and O–H groups in total. The van der Waals surface area contributed by atoms with Crippen molar-refractivity contribution in [2.75, 3.05) is 31.6 Å². The van der Waals surface area contributed by atoms with Crippen LogP contribution >= 0.6 is 12.2 Å². The van der Waals surface area contributed by atoms with Crippen molar-refractivity contribution in [3.63, 3.8) is 0 Å². The number of carbonyl (C=O) groups is 1. The SMILES string of the molecule is CCOC(=O)c1cccc(NC(=S)N2CCCC3=C[C@H]4C[C@H](CN5CCCC[C@H]45)[C@@H]32)c1. The molecule has 4 aliphatic rings. The lowest BCUT2D eigenvalue weighted by atomic mass is 9.68. The zero-order valence-electron chi connectivity index (χ0n) is 18.4. The fourth-order valence-corrected chi connectivity index (χ4v) is 6.66. The predicted octanol–water partition coefficient (Wildman–Crippen LogP) is 4.46. The van der Waals surface area contributed by atoms with Gasteiger partial charge in [0.05, 0.1) is 18.2 Å². The standard InChI is InChI=1S/C25H33N3O2S/c1-2-30-24(29)18-7-5-9-21(15-18)26-25(31)28-12-6-8-17-13-19-14-20(23(17)28)16-27-11-4-3-10-22(19)27/h5,7,9,13,15,19-20,22-23H,2-4,6,8,10-12,14,16H2,1H3,(H,26,31)/t19-,20+,22+,23+/m0/s1. The Labute approximate surface area is 190 Å². The lowest BCUT2D eigenvalue weighted by Gasteiger charge is -2.55. The molecule has 5 rings (SSSR count). The van der Waals surface area contributed by atoms with E-state index >= 15 is 0 Å². The van der Waals surface area contributed by atoms with Crippen molar-refractivity contribution in [2.24, 2.45) is 11.8 Å². The predicted molar refractivity (Wildman–Crippen MR) is 127 cm³/mol. The molecule has 3 aliphatic heterocycles. The van der Waals surface area contributed by atoms with Crippen LogP contribution in [0.2, 0.25) is 0 Å². The first kappa shape index (κ1) is 21.0. The first-order valence-corrected chi connectivity index (χ1v) is 12.3. The lowest BCUT2D eigenvalue weighted by Crippen LogP contribution is -2.60. The van der Waals surface area contributed by atoms with Gasteiger partial charge in [-0.3, -0.25) is 4.90 Å². The van der Waals surface area contributed by atoms with Gasteiger partial charge in [-0.05, 0) is 87.8 Å². The molecule has 3 saturated heterocycles. The van der Waals surface area contributed by atoms with E-state index in [1.807, 2.05) is 25.1 Å². The quantitative estimate of drug-likeness (QED) is 0.426. The van der Waals surface area contributed by atoms with E-state index in [1.165, 1.54) is 45.2 Å². The molecule has 0 saturated carbocycles. The summed E-state index contributed by atoms with van der Waals surface area (Å²) in [7, 11) is 0. The van der Waals surface area contributed by atoms with Gasteiger partial charge in [0.1, 0.15) is 0 Å². The molecule has 0 aromatic heterocycles. The summed E-state index contributed by atoms with van der Waals surface area (Å²) in [6, 6.07) is 8.64. The van der Waals surface area contributed by atoms with Crippen molar-refractivity contribution >= 4 is 29.0 Å². The number of hydrogen-bond donors (Lipinski definition) is 1. The highest BCUT2D eigenvalue weighted by Gasteiger charge is 2.46. The second-order valence-corrected chi connectivity index (χ2v) is 9.82. The van der Waals surface area contributed by atoms with Crippen LogP contribution in [0.25, 0.3) is 0 Å². The van der Waals surface area contributed by atoms with Gasteiger partial charge in [-0.1, -0.05) is 24.1 Å². The van der Waals surface area contributed by atoms with Crippen LogP contribution in [-0.2, 0) is 4.74 Å². The highest BCUT2D eigenvalue weighted by atomic mass is 32.1. The van der Waals surface area contributed by atoms with Crippen LogP contribution in [0.1, 0.15) is 55.8 Å². The largest absolute Gasteiger partial charge is 0.462 e. The number of fused-ring (bicyclic) bond motifs is 6. The molecule has 31 heavy (non-hydrogen) atoms. The van der Waals surface area contributed by atoms with Crippen LogP contribution < -0.4 is 5.32 Å². The van der Waals surface area contributed by atoms with Crippen molar-refractivity contribution < 1.29 is 9.53 Å². The van der Waals surface area contributed by atoms with Gasteiger partial charge in [-0.15, -0.1) is 0 Å². The van der Waals surface area contributed by atoms with Gasteiger partial charge in [0.2, 0.25) is 0 Å². The van der Waals surface area contributed by atoms with Gasteiger partial charge in [-0.2, -0.15) is 0 Å². The Morgan fingerprint density at radius 3 is 3.03 bits per heavy atom. The number of esters is 1. The van der Waals surface area contributed by atoms with E-state index in [0.29, 0.717) is 24.1 Å². The first-order chi connectivity index (χ1) is 15.1. The van der Waals surface area contributed by atoms with Gasteiger partial charge in [-0.25, -0.2) is 4.79 Å². The number of nitrogens with one attached hydrogen (secondary N) is 1. The van der Waals surface area contributed by atoms with Crippen molar-refractivity contribution in [1.82, 2.24) is 9.80 Å². The fourth-order valence-electron chi connectivity index (χ4n) is 6.33. The van der Waals surface area contributed by atoms with Gasteiger partial charge in [0, 0.05) is 24.8 Å². The first-order valence-electron chi connectivity index (χ1n) is 11.9. The van der Waals surface area contributed by atoms with Gasteiger partial charge in [0.15, 0.2) is 5.11 Å². The molecule has 3 fully saturated rings. The van der Waals surface area contributed by atoms with Crippen molar-refractivity contribution in [1.29, 1.82) is 0 Å². The van der Waals surface area contributed by atoms with Crippen molar-refractivity contribution in [3.8, 4) is 0 Å². The maximum absolute atomic E-state index is 12.1. The van der Waals surface area contributed by atoms with E-state index in [-0.39, 0.29) is 5.97 Å². The third kappa shape index (κ3) is 4.12. The zero-order valence-corrected chi connectivity index (χ0v) is 19.2. The monoisotopic (exact) mass is 439 g/mol. The molecule has 6 heteroatoms. The second-order valence-electron chi connectivity index (χ2n) is 9.43. The number of likely N-dealkylation sites (tertiary alicyclic amines) is 1. The molecule has 5 nitrogen and oxygen atoms in total. The Kier molecular flexibility index (Phi) is 6.02. The fraction of sp³-hybridized carbons (Fsp3) is 0.600. The van der Waals surface area contributed by atoms with E-state index in [9.17, 15) is 4.79 Å². The molecular weight excluding hydrogens is 406 g/mol. The molecule has 0 radical (unpaired) electrons. The molecule has 0 amide bonds. The van der Waals surface area contributed by atoms with E-state index in [0.717, 1.165) is 35.7 Å². The Balaban J connectivity index is 1.34. The van der Waals surface area contributed by atoms with Gasteiger partial charge >= 0.3 is 5.97 Å². The Bertz CT molecular complexity index is 885. The van der Waals surface area contributed by atoms with Gasteiger partial charge < -0.3 is 15.0 Å². The summed E-state index contributed by atoms with van der Waals surface area (Å²) in [6.45, 7) is 5.66. The molecule has 1 aromatic carbocycles. The molecule has 0 spiro atoms. The van der Waals surface area contributed by atoms with Crippen LogP contribution in [0.5, 0.6) is 0 Å². The minimum absolute atomic E-state index is 0.295. The number of hydrogen-bond acceptors (Lipinski definition) is 4. The highest BCUT2D eigenvalue weighted by molar-refractivity contribution is 7.80. The van der Waals surface area contributed by atoms with Crippen LogP contribution in [0.15, 0.2) is 35.9 Å². The Hall–Kier alpha value is -1.92. The average molecular weight is 440 g/mol. The Morgan fingerprint density at radius 1 is 1.26 bits per heavy atom. The van der Waals surface area contributed by atoms with Crippen LogP contribution in [0.4, 0.5) is 5.69 Å². The summed E-state index contributed by atoms with van der Waals surface area (Å²) in [5.41, 5.74) is 3.01. The molecular formula is C25H33N3O2S. The number of rotatable bonds is 3. The minimum atomic E-state index is -0.295. The highest BCUT2D eigenvalue weighted by Crippen LogP contribution is 2.45. The number of piperidine rings is 3. The number of anilines is 1. The number of ether oxygens (including phenoxy) is 1. The molecule has 3 heterocycles. The Morgan fingerprint density at radius 2 is 2.16 bits per heavy atom. The minimum Gasteiger partial charge on any atom is -0.462 e. The third-order valence-corrected chi connectivity index (χ3v) is 7.88. The van der Waals surface area contributed by atoms with Crippen molar-refractivity contribution in [3.05, 3.63) is 41.5 Å². The van der Waals surface area contributed by atoms with Crippen LogP contribution in [-0.4, -0.2) is 59.2 Å². The second kappa shape index (κ2) is 8.91. The smallest absolute Gasteiger partial charge is 0.338 e. The van der Waals surface area contributed by atoms with E-state index in [2.05, 4.69) is 21.2 Å². The van der Waals surface area contributed by atoms with Crippen LogP contribution in [0.3, 0.4) is 0 Å². The van der Waals surface area contributed by atoms with E-state index in [4.69, 9.17) is 17.0 Å². The van der Waals surface area contributed by atoms with Crippen LogP contribution in [0, 0.1) is 11.8 Å². The number of thiocarbonyl (C=S) groups is 1. The lowest BCUT2D eigenvalue weighted by molar-refractivity contribution is 0.0132. The maximum atomic E-state index is 12.1. The molecule has 166 valence electrons. The summed E-state index contributed by atoms with van der Waals surface area (Å²) in [5.74, 6) is 1.09. The summed E-state index contributed by atoms with van der Waals surface area (Å²) in [4.78, 5) is 17.3. The summed E-state index contributed by atoms with van der Waals surface area (Å²) in [6.07, 6.45) is 10.4. The molecule has 1 aliphatic carbocycles. The normalized spacial score (nSPS) is 30.0. The van der Waals surface area contributed by atoms with Crippen molar-refractivity contribution in [2.45, 2.75) is 57.5 Å². The summed E-state index contributed by atoms with van der Waals surface area (Å²) >= 11 is 5.91. The average Bonchev–Trinajstić information content (AvgIpc) is 2.79. The summed E-state index contributed by atoms with van der Waals surface area (Å²) < 4.78 is 5.14. The number of carbonyl (C=O) groups excluding carboxylic acids is 1. The number of benzene rings is 1. The third-order valence-electron chi connectivity index (χ3n) is 7.54. The van der Waals surface area contributed by atoms with E-state index < -0.39 is 0 Å². The summed E-state index contributed by atoms with van der Waals surface area (Å²) in [5, 5.41) is 4.19. The zero-order chi connectivity index (χ0) is 21.4. The maximum Gasteiger partial charge on any atom is 0.338 e. The number of nitrogens with zero attached hydrogens (tertiary/aromatic N) is 2. The van der Waals surface area contributed by atoms with Gasteiger partial charge in [0.25, 0.3) is 0 Å². The molecule has 2 bridgehead atoms. The topological polar surface area (TPSA) is 44.8 Å². The molecule has 4 atom stereocenters. The van der Waals surface area contributed by atoms with E-state index in [1.54, 1.807) is 11.6 Å².